The number of aryl methyl sites for hydroxylation is 2. The zero-order chi connectivity index (χ0) is 22.0. The van der Waals surface area contributed by atoms with E-state index < -0.39 is 0 Å². The normalized spacial score (nSPS) is 13.7. The van der Waals surface area contributed by atoms with Gasteiger partial charge in [-0.1, -0.05) is 18.2 Å². The molecule has 6 nitrogen and oxygen atoms in total. The highest BCUT2D eigenvalue weighted by Gasteiger charge is 2.39. The van der Waals surface area contributed by atoms with Crippen LogP contribution in [0.4, 0.5) is 5.69 Å². The van der Waals surface area contributed by atoms with Gasteiger partial charge in [0.1, 0.15) is 11.4 Å². The Balaban J connectivity index is 1.75. The van der Waals surface area contributed by atoms with Crippen LogP contribution in [-0.4, -0.2) is 28.8 Å². The molecule has 156 valence electrons. The summed E-state index contributed by atoms with van der Waals surface area (Å²) in [5, 5.41) is 3.21. The Bertz CT molecular complexity index is 1170. The quantitative estimate of drug-likeness (QED) is 0.616. The number of methoxy groups -OCH3 is 1. The number of aromatic nitrogens is 1. The van der Waals surface area contributed by atoms with E-state index in [0.29, 0.717) is 16.9 Å². The number of pyridine rings is 1. The number of benzene rings is 2. The number of imide groups is 1. The van der Waals surface area contributed by atoms with Crippen LogP contribution in [0.1, 0.15) is 22.3 Å². The number of hydrogen-bond acceptors (Lipinski definition) is 5. The molecule has 1 aliphatic heterocycles. The van der Waals surface area contributed by atoms with Gasteiger partial charge in [0.2, 0.25) is 0 Å². The minimum absolute atomic E-state index is 0.179. The molecule has 2 heterocycles. The summed E-state index contributed by atoms with van der Waals surface area (Å²) >= 11 is 0. The van der Waals surface area contributed by atoms with Crippen molar-refractivity contribution in [1.82, 2.24) is 9.88 Å². The van der Waals surface area contributed by atoms with Crippen LogP contribution >= 0.6 is 0 Å². The van der Waals surface area contributed by atoms with Crippen molar-refractivity contribution in [1.29, 1.82) is 0 Å². The van der Waals surface area contributed by atoms with Gasteiger partial charge in [0.05, 0.1) is 19.2 Å². The number of hydrogen-bond donors (Lipinski definition) is 1. The summed E-state index contributed by atoms with van der Waals surface area (Å²) in [5.41, 5.74) is 5.12. The van der Waals surface area contributed by atoms with Crippen LogP contribution in [0, 0.1) is 13.8 Å². The Kier molecular flexibility index (Phi) is 5.54. The molecular weight excluding hydrogens is 390 g/mol. The molecule has 0 aliphatic carbocycles. The highest BCUT2D eigenvalue weighted by molar-refractivity contribution is 6.36. The number of amides is 2. The van der Waals surface area contributed by atoms with E-state index >= 15 is 0 Å². The maximum Gasteiger partial charge on any atom is 0.278 e. The fourth-order valence-corrected chi connectivity index (χ4v) is 3.50. The molecule has 1 N–H and O–H groups in total. The average molecular weight is 413 g/mol. The molecule has 0 saturated heterocycles. The zero-order valence-corrected chi connectivity index (χ0v) is 17.7. The average Bonchev–Trinajstić information content (AvgIpc) is 3.01. The molecule has 1 aliphatic rings. The molecular formula is C25H23N3O3. The van der Waals surface area contributed by atoms with Gasteiger partial charge >= 0.3 is 0 Å². The summed E-state index contributed by atoms with van der Waals surface area (Å²) < 4.78 is 5.23. The summed E-state index contributed by atoms with van der Waals surface area (Å²) in [7, 11) is 1.59. The lowest BCUT2D eigenvalue weighted by molar-refractivity contribution is -0.137. The maximum absolute atomic E-state index is 13.4. The Hall–Kier alpha value is -3.93. The standard InChI is InChI=1S/C25H23N3O3/c1-16-4-7-20(14-17(16)2)27-23-22(19-5-8-21(31-3)9-6-19)24(29)28(25(23)30)15-18-10-12-26-13-11-18/h4-14,27H,15H2,1-3H3. The third-order valence-electron chi connectivity index (χ3n) is 5.41. The Morgan fingerprint density at radius 1 is 0.903 bits per heavy atom. The minimum atomic E-state index is -0.356. The van der Waals surface area contributed by atoms with Gasteiger partial charge in [-0.05, 0) is 72.5 Å². The van der Waals surface area contributed by atoms with Crippen molar-refractivity contribution in [2.75, 3.05) is 12.4 Å². The van der Waals surface area contributed by atoms with Gasteiger partial charge < -0.3 is 10.1 Å². The van der Waals surface area contributed by atoms with Gasteiger partial charge in [-0.15, -0.1) is 0 Å². The van der Waals surface area contributed by atoms with E-state index in [1.807, 2.05) is 32.0 Å². The minimum Gasteiger partial charge on any atom is -0.497 e. The van der Waals surface area contributed by atoms with E-state index in [4.69, 9.17) is 4.74 Å². The molecule has 0 radical (unpaired) electrons. The highest BCUT2D eigenvalue weighted by Crippen LogP contribution is 2.32. The van der Waals surface area contributed by atoms with Crippen LogP contribution in [0.25, 0.3) is 5.57 Å². The lowest BCUT2D eigenvalue weighted by atomic mass is 10.0. The number of nitrogens with zero attached hydrogens (tertiary/aromatic N) is 2. The lowest BCUT2D eigenvalue weighted by Gasteiger charge is -2.15. The summed E-state index contributed by atoms with van der Waals surface area (Å²) in [4.78, 5) is 31.9. The largest absolute Gasteiger partial charge is 0.497 e. The van der Waals surface area contributed by atoms with Gasteiger partial charge in [0.25, 0.3) is 11.8 Å². The summed E-state index contributed by atoms with van der Waals surface area (Å²) in [5.74, 6) is -0.0115. The van der Waals surface area contributed by atoms with Gasteiger partial charge in [0.15, 0.2) is 0 Å². The van der Waals surface area contributed by atoms with Gasteiger partial charge in [-0.2, -0.15) is 0 Å². The Morgan fingerprint density at radius 3 is 2.26 bits per heavy atom. The van der Waals surface area contributed by atoms with Crippen LogP contribution in [0.3, 0.4) is 0 Å². The second kappa shape index (κ2) is 8.44. The molecule has 2 amide bonds. The van der Waals surface area contributed by atoms with Gasteiger partial charge in [-0.3, -0.25) is 19.5 Å². The predicted molar refractivity (Wildman–Crippen MR) is 119 cm³/mol. The van der Waals surface area contributed by atoms with Crippen LogP contribution in [0.2, 0.25) is 0 Å². The van der Waals surface area contributed by atoms with E-state index in [0.717, 1.165) is 22.4 Å². The molecule has 1 aromatic heterocycles. The third-order valence-corrected chi connectivity index (χ3v) is 5.41. The van der Waals surface area contributed by atoms with Gasteiger partial charge in [0, 0.05) is 18.1 Å². The number of carbonyl (C=O) groups is 2. The molecule has 0 spiro atoms. The number of carbonyl (C=O) groups excluding carboxylic acids is 2. The molecule has 31 heavy (non-hydrogen) atoms. The van der Waals surface area contributed by atoms with Crippen LogP contribution < -0.4 is 10.1 Å². The maximum atomic E-state index is 13.4. The van der Waals surface area contributed by atoms with Gasteiger partial charge in [-0.25, -0.2) is 0 Å². The Labute approximate surface area is 181 Å². The molecule has 0 bridgehead atoms. The number of ether oxygens (including phenoxy) is 1. The summed E-state index contributed by atoms with van der Waals surface area (Å²) in [6, 6.07) is 16.6. The zero-order valence-electron chi connectivity index (χ0n) is 17.7. The molecule has 0 saturated carbocycles. The van der Waals surface area contributed by atoms with Crippen LogP contribution in [0.15, 0.2) is 72.7 Å². The first-order valence-electron chi connectivity index (χ1n) is 9.96. The molecule has 0 fully saturated rings. The molecule has 0 unspecified atom stereocenters. The predicted octanol–water partition coefficient (Wildman–Crippen LogP) is 4.10. The topological polar surface area (TPSA) is 71.5 Å². The van der Waals surface area contributed by atoms with Crippen molar-refractivity contribution in [3.05, 3.63) is 94.9 Å². The van der Waals surface area contributed by atoms with Crippen molar-refractivity contribution in [3.8, 4) is 5.75 Å². The Morgan fingerprint density at radius 2 is 1.61 bits per heavy atom. The molecule has 0 atom stereocenters. The first-order valence-corrected chi connectivity index (χ1v) is 9.96. The smallest absolute Gasteiger partial charge is 0.278 e. The summed E-state index contributed by atoms with van der Waals surface area (Å²) in [6.45, 7) is 4.22. The monoisotopic (exact) mass is 413 g/mol. The van der Waals surface area contributed by atoms with Crippen molar-refractivity contribution < 1.29 is 14.3 Å². The number of anilines is 1. The van der Waals surface area contributed by atoms with E-state index in [9.17, 15) is 9.59 Å². The van der Waals surface area contributed by atoms with Crippen LogP contribution in [0.5, 0.6) is 5.75 Å². The van der Waals surface area contributed by atoms with E-state index in [1.54, 1.807) is 55.9 Å². The van der Waals surface area contributed by atoms with Crippen LogP contribution in [-0.2, 0) is 16.1 Å². The summed E-state index contributed by atoms with van der Waals surface area (Å²) in [6.07, 6.45) is 3.29. The van der Waals surface area contributed by atoms with E-state index in [2.05, 4.69) is 10.3 Å². The number of nitrogens with one attached hydrogen (secondary N) is 1. The second-order valence-electron chi connectivity index (χ2n) is 7.45. The molecule has 2 aromatic carbocycles. The van der Waals surface area contributed by atoms with Crippen molar-refractivity contribution in [2.24, 2.45) is 0 Å². The van der Waals surface area contributed by atoms with Crippen molar-refractivity contribution in [3.63, 3.8) is 0 Å². The molecule has 4 rings (SSSR count). The third kappa shape index (κ3) is 4.05. The van der Waals surface area contributed by atoms with E-state index in [1.165, 1.54) is 4.90 Å². The highest BCUT2D eigenvalue weighted by atomic mass is 16.5. The molecule has 3 aromatic rings. The fourth-order valence-electron chi connectivity index (χ4n) is 3.50. The van der Waals surface area contributed by atoms with Crippen molar-refractivity contribution in [2.45, 2.75) is 20.4 Å². The fraction of sp³-hybridized carbons (Fsp3) is 0.160. The number of rotatable bonds is 6. The first kappa shape index (κ1) is 20.3. The SMILES string of the molecule is COc1ccc(C2=C(Nc3ccc(C)c(C)c3)C(=O)N(Cc3ccncc3)C2=O)cc1. The van der Waals surface area contributed by atoms with Crippen molar-refractivity contribution >= 4 is 23.1 Å². The van der Waals surface area contributed by atoms with E-state index in [-0.39, 0.29) is 24.1 Å². The first-order chi connectivity index (χ1) is 15.0. The molecule has 6 heteroatoms. The second-order valence-corrected chi connectivity index (χ2v) is 7.45. The lowest BCUT2D eigenvalue weighted by Crippen LogP contribution is -2.32.